The van der Waals surface area contributed by atoms with Crippen molar-refractivity contribution in [2.24, 2.45) is 7.05 Å². The number of aromatic nitrogens is 5. The van der Waals surface area contributed by atoms with Gasteiger partial charge in [-0.25, -0.2) is 0 Å². The van der Waals surface area contributed by atoms with Gasteiger partial charge in [0.05, 0.1) is 17.9 Å². The van der Waals surface area contributed by atoms with Crippen LogP contribution in [0.2, 0.25) is 0 Å². The average molecular weight is 332 g/mol. The molecule has 4 aromatic rings. The van der Waals surface area contributed by atoms with E-state index < -0.39 is 0 Å². The number of carbonyl (C=O) groups excluding carboxylic acids is 1. The van der Waals surface area contributed by atoms with Gasteiger partial charge in [-0.3, -0.25) is 19.1 Å². The first-order valence-electron chi connectivity index (χ1n) is 7.85. The van der Waals surface area contributed by atoms with Crippen LogP contribution in [0, 0.1) is 0 Å². The molecule has 3 heterocycles. The van der Waals surface area contributed by atoms with Crippen LogP contribution < -0.4 is 5.32 Å². The molecule has 0 saturated carbocycles. The van der Waals surface area contributed by atoms with Crippen molar-refractivity contribution in [1.29, 1.82) is 0 Å². The van der Waals surface area contributed by atoms with Crippen LogP contribution in [0.1, 0.15) is 0 Å². The third-order valence-corrected chi connectivity index (χ3v) is 3.97. The smallest absolute Gasteiger partial charge is 0.247 e. The van der Waals surface area contributed by atoms with E-state index in [0.29, 0.717) is 5.82 Å². The molecule has 0 atom stereocenters. The van der Waals surface area contributed by atoms with Gasteiger partial charge in [0.1, 0.15) is 12.4 Å². The maximum absolute atomic E-state index is 12.2. The Labute approximate surface area is 143 Å². The van der Waals surface area contributed by atoms with Gasteiger partial charge in [0.25, 0.3) is 0 Å². The van der Waals surface area contributed by atoms with Crippen LogP contribution >= 0.6 is 0 Å². The summed E-state index contributed by atoms with van der Waals surface area (Å²) in [4.78, 5) is 16.6. The lowest BCUT2D eigenvalue weighted by atomic mass is 10.1. The minimum atomic E-state index is -0.158. The third kappa shape index (κ3) is 2.99. The fraction of sp³-hybridized carbons (Fsp3) is 0.111. The lowest BCUT2D eigenvalue weighted by Gasteiger charge is -2.05. The van der Waals surface area contributed by atoms with Gasteiger partial charge in [-0.1, -0.05) is 24.3 Å². The highest BCUT2D eigenvalue weighted by Crippen LogP contribution is 2.26. The summed E-state index contributed by atoms with van der Waals surface area (Å²) in [6, 6.07) is 11.7. The van der Waals surface area contributed by atoms with E-state index in [0.717, 1.165) is 22.0 Å². The van der Waals surface area contributed by atoms with Crippen LogP contribution in [0.25, 0.3) is 22.0 Å². The van der Waals surface area contributed by atoms with Gasteiger partial charge >= 0.3 is 0 Å². The largest absolute Gasteiger partial charge is 0.309 e. The van der Waals surface area contributed by atoms with Crippen LogP contribution in [-0.2, 0) is 18.4 Å². The molecule has 1 aromatic carbocycles. The van der Waals surface area contributed by atoms with Gasteiger partial charge in [-0.2, -0.15) is 10.2 Å². The zero-order valence-electron chi connectivity index (χ0n) is 13.6. The fourth-order valence-electron chi connectivity index (χ4n) is 2.75. The molecule has 7 nitrogen and oxygen atoms in total. The monoisotopic (exact) mass is 332 g/mol. The molecule has 0 fully saturated rings. The summed E-state index contributed by atoms with van der Waals surface area (Å²) in [6.45, 7) is 0.128. The highest BCUT2D eigenvalue weighted by Gasteiger charge is 2.10. The molecule has 3 aromatic heterocycles. The van der Waals surface area contributed by atoms with Gasteiger partial charge in [0.15, 0.2) is 0 Å². The Kier molecular flexibility index (Phi) is 3.74. The van der Waals surface area contributed by atoms with Crippen LogP contribution in [0.5, 0.6) is 0 Å². The summed E-state index contributed by atoms with van der Waals surface area (Å²) in [6.07, 6.45) is 7.01. The number of nitrogens with one attached hydrogen (secondary N) is 1. The molecule has 7 heteroatoms. The Balaban J connectivity index is 1.56. The van der Waals surface area contributed by atoms with E-state index in [1.165, 1.54) is 0 Å². The predicted molar refractivity (Wildman–Crippen MR) is 94.8 cm³/mol. The highest BCUT2D eigenvalue weighted by molar-refractivity contribution is 5.93. The van der Waals surface area contributed by atoms with Crippen molar-refractivity contribution in [3.05, 3.63) is 61.2 Å². The number of rotatable bonds is 4. The molecule has 25 heavy (non-hydrogen) atoms. The number of hydrogen-bond donors (Lipinski definition) is 1. The second-order valence-corrected chi connectivity index (χ2v) is 5.70. The zero-order valence-corrected chi connectivity index (χ0v) is 13.6. The van der Waals surface area contributed by atoms with Gasteiger partial charge in [-0.15, -0.1) is 0 Å². The Morgan fingerprint density at radius 2 is 2.00 bits per heavy atom. The number of amides is 1. The molecule has 1 amide bonds. The van der Waals surface area contributed by atoms with Crippen molar-refractivity contribution in [2.75, 3.05) is 5.32 Å². The number of anilines is 1. The first-order chi connectivity index (χ1) is 12.2. The summed E-state index contributed by atoms with van der Waals surface area (Å²) >= 11 is 0. The molecule has 4 rings (SSSR count). The maximum Gasteiger partial charge on any atom is 0.247 e. The second-order valence-electron chi connectivity index (χ2n) is 5.70. The molecule has 0 bridgehead atoms. The third-order valence-electron chi connectivity index (χ3n) is 3.97. The van der Waals surface area contributed by atoms with Gasteiger partial charge in [0, 0.05) is 42.0 Å². The average Bonchev–Trinajstić information content (AvgIpc) is 3.24. The van der Waals surface area contributed by atoms with E-state index in [1.54, 1.807) is 41.1 Å². The van der Waals surface area contributed by atoms with Crippen LogP contribution in [0.3, 0.4) is 0 Å². The number of fused-ring (bicyclic) bond motifs is 1. The SMILES string of the molecule is Cn1nccc1NC(=O)Cn1cc(-c2cccc3cccnc23)cn1. The standard InChI is InChI=1S/C18H16N6O/c1-23-16(7-9-20-23)22-17(25)12-24-11-14(10-21-24)15-6-2-4-13-5-3-8-19-18(13)15/h2-11H,12H2,1H3,(H,22,25). The molecular weight excluding hydrogens is 316 g/mol. The zero-order chi connectivity index (χ0) is 17.2. The first kappa shape index (κ1) is 15.1. The summed E-state index contributed by atoms with van der Waals surface area (Å²) in [5.74, 6) is 0.491. The van der Waals surface area contributed by atoms with E-state index in [2.05, 4.69) is 20.5 Å². The normalized spacial score (nSPS) is 10.9. The first-order valence-corrected chi connectivity index (χ1v) is 7.85. The molecule has 0 radical (unpaired) electrons. The minimum absolute atomic E-state index is 0.128. The fourth-order valence-corrected chi connectivity index (χ4v) is 2.75. The van der Waals surface area contributed by atoms with Gasteiger partial charge in [-0.05, 0) is 6.07 Å². The number of carbonyl (C=O) groups is 1. The van der Waals surface area contributed by atoms with Crippen LogP contribution in [0.15, 0.2) is 61.2 Å². The van der Waals surface area contributed by atoms with Crippen LogP contribution in [-0.4, -0.2) is 30.5 Å². The minimum Gasteiger partial charge on any atom is -0.309 e. The molecule has 1 N–H and O–H groups in total. The maximum atomic E-state index is 12.2. The predicted octanol–water partition coefficient (Wildman–Crippen LogP) is 2.47. The molecular formula is C18H16N6O. The van der Waals surface area contributed by atoms with Gasteiger partial charge in [0.2, 0.25) is 5.91 Å². The molecule has 0 aliphatic rings. The highest BCUT2D eigenvalue weighted by atomic mass is 16.2. The van der Waals surface area contributed by atoms with Crippen molar-refractivity contribution < 1.29 is 4.79 Å². The quantitative estimate of drug-likeness (QED) is 0.623. The Hall–Kier alpha value is -3.48. The number of benzene rings is 1. The van der Waals surface area contributed by atoms with Crippen molar-refractivity contribution in [3.8, 4) is 11.1 Å². The van der Waals surface area contributed by atoms with Gasteiger partial charge < -0.3 is 5.32 Å². The Morgan fingerprint density at radius 3 is 2.84 bits per heavy atom. The number of hydrogen-bond acceptors (Lipinski definition) is 4. The van der Waals surface area contributed by atoms with E-state index in [-0.39, 0.29) is 12.5 Å². The molecule has 0 unspecified atom stereocenters. The van der Waals surface area contributed by atoms with Crippen molar-refractivity contribution >= 4 is 22.6 Å². The summed E-state index contributed by atoms with van der Waals surface area (Å²) in [5, 5.41) is 12.2. The summed E-state index contributed by atoms with van der Waals surface area (Å²) in [7, 11) is 1.77. The topological polar surface area (TPSA) is 77.6 Å². The van der Waals surface area contributed by atoms with Crippen LogP contribution in [0.4, 0.5) is 5.82 Å². The van der Waals surface area contributed by atoms with E-state index in [1.807, 2.05) is 36.5 Å². The van der Waals surface area contributed by atoms with Crippen molar-refractivity contribution in [1.82, 2.24) is 24.5 Å². The van der Waals surface area contributed by atoms with E-state index >= 15 is 0 Å². The Morgan fingerprint density at radius 1 is 1.12 bits per heavy atom. The number of aryl methyl sites for hydroxylation is 1. The summed E-state index contributed by atoms with van der Waals surface area (Å²) in [5.41, 5.74) is 2.85. The molecule has 0 spiro atoms. The molecule has 0 aliphatic heterocycles. The summed E-state index contributed by atoms with van der Waals surface area (Å²) < 4.78 is 3.22. The second kappa shape index (κ2) is 6.20. The van der Waals surface area contributed by atoms with Crippen molar-refractivity contribution in [3.63, 3.8) is 0 Å². The molecule has 124 valence electrons. The molecule has 0 saturated heterocycles. The number of pyridine rings is 1. The van der Waals surface area contributed by atoms with E-state index in [9.17, 15) is 4.79 Å². The lowest BCUT2D eigenvalue weighted by molar-refractivity contribution is -0.116. The lowest BCUT2D eigenvalue weighted by Crippen LogP contribution is -2.20. The number of para-hydroxylation sites is 1. The van der Waals surface area contributed by atoms with E-state index in [4.69, 9.17) is 0 Å². The number of nitrogens with zero attached hydrogens (tertiary/aromatic N) is 5. The molecule has 0 aliphatic carbocycles. The Bertz CT molecular complexity index is 1040. The van der Waals surface area contributed by atoms with Crippen molar-refractivity contribution in [2.45, 2.75) is 6.54 Å².